The summed E-state index contributed by atoms with van der Waals surface area (Å²) in [6.07, 6.45) is 0.122. The molecule has 2 aromatic rings. The number of nitrogens with two attached hydrogens (primary N) is 1. The van der Waals surface area contributed by atoms with E-state index in [0.29, 0.717) is 11.3 Å². The molecule has 0 radical (unpaired) electrons. The summed E-state index contributed by atoms with van der Waals surface area (Å²) in [6.45, 7) is 3.31. The highest BCUT2D eigenvalue weighted by Gasteiger charge is 2.20. The Kier molecular flexibility index (Phi) is 7.72. The standard InChI is InChI=1S/C18H22F2N4O4S2/c1-10-14(16(26)23-18(22-10)29-17(19)20)8-9-15(25)24(3)11(2)12-4-6-13(7-5-12)30(21,27)28/h4-7,11,17H,8-9H2,1-3H3,(H2,21,27,28)(H,22,23,26). The van der Waals surface area contributed by atoms with Gasteiger partial charge in [-0.25, -0.2) is 18.5 Å². The first-order valence-corrected chi connectivity index (χ1v) is 11.3. The molecule has 1 heterocycles. The van der Waals surface area contributed by atoms with Gasteiger partial charge in [-0.15, -0.1) is 0 Å². The fourth-order valence-electron chi connectivity index (χ4n) is 2.80. The number of nitrogens with zero attached hydrogens (tertiary/aromatic N) is 2. The number of carbonyl (C=O) groups excluding carboxylic acids is 1. The van der Waals surface area contributed by atoms with Gasteiger partial charge >= 0.3 is 0 Å². The van der Waals surface area contributed by atoms with Crippen molar-refractivity contribution in [3.05, 3.63) is 51.4 Å². The first-order chi connectivity index (χ1) is 13.9. The lowest BCUT2D eigenvalue weighted by molar-refractivity contribution is -0.131. The number of aromatic nitrogens is 2. The topological polar surface area (TPSA) is 126 Å². The summed E-state index contributed by atoms with van der Waals surface area (Å²) in [6, 6.07) is 5.54. The van der Waals surface area contributed by atoms with Crippen molar-refractivity contribution in [3.8, 4) is 0 Å². The Morgan fingerprint density at radius 3 is 2.40 bits per heavy atom. The number of aryl methyl sites for hydroxylation is 1. The van der Waals surface area contributed by atoms with Crippen LogP contribution < -0.4 is 10.7 Å². The maximum absolute atomic E-state index is 12.6. The van der Waals surface area contributed by atoms with Gasteiger partial charge in [0.25, 0.3) is 11.3 Å². The molecule has 0 aliphatic carbocycles. The third kappa shape index (κ3) is 6.09. The molecule has 0 saturated carbocycles. The van der Waals surface area contributed by atoms with E-state index in [1.165, 1.54) is 24.0 Å². The molecular formula is C18H22F2N4O4S2. The molecule has 1 atom stereocenters. The van der Waals surface area contributed by atoms with Crippen LogP contribution in [0.15, 0.2) is 39.1 Å². The van der Waals surface area contributed by atoms with Gasteiger partial charge in [0.1, 0.15) is 0 Å². The number of halogens is 2. The van der Waals surface area contributed by atoms with Crippen LogP contribution in [0.25, 0.3) is 0 Å². The zero-order chi connectivity index (χ0) is 22.6. The molecule has 1 unspecified atom stereocenters. The lowest BCUT2D eigenvalue weighted by Crippen LogP contribution is -2.30. The van der Waals surface area contributed by atoms with E-state index in [9.17, 15) is 26.8 Å². The smallest absolute Gasteiger partial charge is 0.291 e. The minimum absolute atomic E-state index is 0.0169. The number of amides is 1. The number of carbonyl (C=O) groups is 1. The Balaban J connectivity index is 2.06. The summed E-state index contributed by atoms with van der Waals surface area (Å²) in [5, 5.41) is 4.91. The number of hydrogen-bond donors (Lipinski definition) is 2. The number of alkyl halides is 2. The zero-order valence-electron chi connectivity index (χ0n) is 16.6. The largest absolute Gasteiger partial charge is 0.339 e. The molecule has 164 valence electrons. The Bertz CT molecular complexity index is 1070. The molecule has 1 aromatic carbocycles. The molecule has 8 nitrogen and oxygen atoms in total. The normalized spacial score (nSPS) is 12.8. The van der Waals surface area contributed by atoms with Crippen LogP contribution >= 0.6 is 11.8 Å². The van der Waals surface area contributed by atoms with Crippen LogP contribution in [0.2, 0.25) is 0 Å². The van der Waals surface area contributed by atoms with Crippen LogP contribution in [0, 0.1) is 6.92 Å². The first kappa shape index (κ1) is 24.0. The minimum atomic E-state index is -3.80. The van der Waals surface area contributed by atoms with Gasteiger partial charge in [-0.05, 0) is 49.7 Å². The quantitative estimate of drug-likeness (QED) is 0.459. The number of hydrogen-bond acceptors (Lipinski definition) is 6. The van der Waals surface area contributed by atoms with Gasteiger partial charge in [0.15, 0.2) is 5.16 Å². The summed E-state index contributed by atoms with van der Waals surface area (Å²) in [5.74, 6) is -2.95. The number of primary sulfonamides is 1. The SMILES string of the molecule is Cc1nc(SC(F)F)[nH]c(=O)c1CCC(=O)N(C)C(C)c1ccc(S(N)(=O)=O)cc1. The summed E-state index contributed by atoms with van der Waals surface area (Å²) >= 11 is 0.148. The van der Waals surface area contributed by atoms with Gasteiger partial charge in [0.2, 0.25) is 15.9 Å². The lowest BCUT2D eigenvalue weighted by Gasteiger charge is -2.25. The molecular weight excluding hydrogens is 438 g/mol. The maximum Gasteiger partial charge on any atom is 0.291 e. The first-order valence-electron chi connectivity index (χ1n) is 8.83. The lowest BCUT2D eigenvalue weighted by atomic mass is 10.1. The minimum Gasteiger partial charge on any atom is -0.339 e. The Morgan fingerprint density at radius 1 is 1.30 bits per heavy atom. The summed E-state index contributed by atoms with van der Waals surface area (Å²) in [7, 11) is -2.21. The predicted octanol–water partition coefficient (Wildman–Crippen LogP) is 2.19. The van der Waals surface area contributed by atoms with Crippen LogP contribution in [-0.4, -0.2) is 42.0 Å². The molecule has 1 aromatic heterocycles. The Morgan fingerprint density at radius 2 is 1.90 bits per heavy atom. The van der Waals surface area contributed by atoms with Gasteiger partial charge in [-0.3, -0.25) is 9.59 Å². The van der Waals surface area contributed by atoms with Crippen molar-refractivity contribution in [1.29, 1.82) is 0 Å². The maximum atomic E-state index is 12.6. The van der Waals surface area contributed by atoms with Crippen molar-refractivity contribution in [2.75, 3.05) is 7.05 Å². The number of H-pyrrole nitrogens is 1. The van der Waals surface area contributed by atoms with E-state index >= 15 is 0 Å². The molecule has 0 aliphatic heterocycles. The van der Waals surface area contributed by atoms with E-state index in [-0.39, 0.29) is 52.2 Å². The average molecular weight is 461 g/mol. The second-order valence-corrected chi connectivity index (χ2v) is 9.15. The molecule has 0 aliphatic rings. The van der Waals surface area contributed by atoms with Crippen molar-refractivity contribution < 1.29 is 22.0 Å². The highest BCUT2D eigenvalue weighted by Crippen LogP contribution is 2.23. The third-order valence-corrected chi connectivity index (χ3v) is 6.18. The fourth-order valence-corrected chi connectivity index (χ4v) is 3.83. The van der Waals surface area contributed by atoms with Crippen molar-refractivity contribution in [2.24, 2.45) is 5.14 Å². The number of sulfonamides is 1. The van der Waals surface area contributed by atoms with Crippen LogP contribution in [0.1, 0.15) is 36.2 Å². The molecule has 3 N–H and O–H groups in total. The van der Waals surface area contributed by atoms with E-state index in [1.807, 2.05) is 0 Å². The molecule has 2 rings (SSSR count). The second-order valence-electron chi connectivity index (χ2n) is 6.61. The van der Waals surface area contributed by atoms with E-state index in [1.54, 1.807) is 26.1 Å². The Hall–Kier alpha value is -2.31. The molecule has 0 fully saturated rings. The number of rotatable bonds is 8. The number of benzene rings is 1. The van der Waals surface area contributed by atoms with Crippen molar-refractivity contribution in [2.45, 2.75) is 48.5 Å². The number of aromatic amines is 1. The summed E-state index contributed by atoms with van der Waals surface area (Å²) < 4.78 is 47.6. The van der Waals surface area contributed by atoms with E-state index in [0.717, 1.165) is 0 Å². The van der Waals surface area contributed by atoms with Gasteiger partial charge in [0, 0.05) is 24.7 Å². The number of nitrogens with one attached hydrogen (secondary N) is 1. The van der Waals surface area contributed by atoms with Crippen molar-refractivity contribution in [1.82, 2.24) is 14.9 Å². The second kappa shape index (κ2) is 9.67. The van der Waals surface area contributed by atoms with Crippen LogP contribution in [0.5, 0.6) is 0 Å². The molecule has 0 bridgehead atoms. The van der Waals surface area contributed by atoms with Gasteiger partial charge in [0.05, 0.1) is 10.9 Å². The average Bonchev–Trinajstić information content (AvgIpc) is 2.64. The molecule has 0 saturated heterocycles. The number of thioether (sulfide) groups is 1. The highest BCUT2D eigenvalue weighted by atomic mass is 32.2. The van der Waals surface area contributed by atoms with Gasteiger partial charge < -0.3 is 9.88 Å². The molecule has 0 spiro atoms. The van der Waals surface area contributed by atoms with E-state index in [2.05, 4.69) is 9.97 Å². The zero-order valence-corrected chi connectivity index (χ0v) is 18.2. The predicted molar refractivity (Wildman–Crippen MR) is 109 cm³/mol. The van der Waals surface area contributed by atoms with Crippen molar-refractivity contribution >= 4 is 27.7 Å². The molecule has 1 amide bonds. The van der Waals surface area contributed by atoms with Crippen LogP contribution in [-0.2, 0) is 21.2 Å². The summed E-state index contributed by atoms with van der Waals surface area (Å²) in [4.78, 5) is 32.4. The van der Waals surface area contributed by atoms with E-state index in [4.69, 9.17) is 5.14 Å². The third-order valence-electron chi connectivity index (χ3n) is 4.66. The summed E-state index contributed by atoms with van der Waals surface area (Å²) in [5.41, 5.74) is 0.722. The highest BCUT2D eigenvalue weighted by molar-refractivity contribution is 7.99. The molecule has 30 heavy (non-hydrogen) atoms. The van der Waals surface area contributed by atoms with E-state index < -0.39 is 21.3 Å². The fraction of sp³-hybridized carbons (Fsp3) is 0.389. The van der Waals surface area contributed by atoms with Crippen LogP contribution in [0.3, 0.4) is 0 Å². The van der Waals surface area contributed by atoms with Gasteiger partial charge in [-0.1, -0.05) is 12.1 Å². The van der Waals surface area contributed by atoms with Crippen LogP contribution in [0.4, 0.5) is 8.78 Å². The van der Waals surface area contributed by atoms with Gasteiger partial charge in [-0.2, -0.15) is 8.78 Å². The monoisotopic (exact) mass is 460 g/mol. The van der Waals surface area contributed by atoms with Crippen molar-refractivity contribution in [3.63, 3.8) is 0 Å². The Labute approximate surface area is 176 Å². The molecule has 12 heteroatoms.